The molecule has 1 fully saturated rings. The van der Waals surface area contributed by atoms with Crippen LogP contribution in [0.1, 0.15) is 43.7 Å². The van der Waals surface area contributed by atoms with Crippen LogP contribution in [-0.2, 0) is 0 Å². The Balaban J connectivity index is 1.83. The molecule has 3 N–H and O–H groups in total. The smallest absolute Gasteiger partial charge is 0.0445 e. The number of rotatable bonds is 6. The summed E-state index contributed by atoms with van der Waals surface area (Å²) in [5.41, 5.74) is 7.48. The first-order valence-electron chi connectivity index (χ1n) is 7.46. The molecule has 0 saturated carbocycles. The Kier molecular flexibility index (Phi) is 5.83. The van der Waals surface area contributed by atoms with Crippen LogP contribution in [-0.4, -0.2) is 35.7 Å². The molecule has 19 heavy (non-hydrogen) atoms. The number of likely N-dealkylation sites (tertiary alicyclic amines) is 1. The van der Waals surface area contributed by atoms with E-state index in [0.29, 0.717) is 12.6 Å². The van der Waals surface area contributed by atoms with Gasteiger partial charge in [0, 0.05) is 25.2 Å². The number of hydrogen-bond donors (Lipinski definition) is 2. The molecular formula is C16H26N2O. The molecule has 0 radical (unpaired) electrons. The second-order valence-electron chi connectivity index (χ2n) is 5.50. The summed E-state index contributed by atoms with van der Waals surface area (Å²) in [6.07, 6.45) is 5.70. The predicted molar refractivity (Wildman–Crippen MR) is 78.9 cm³/mol. The maximum Gasteiger partial charge on any atom is 0.0445 e. The summed E-state index contributed by atoms with van der Waals surface area (Å²) < 4.78 is 0. The van der Waals surface area contributed by atoms with Crippen molar-refractivity contribution in [1.29, 1.82) is 0 Å². The Hall–Kier alpha value is -0.900. The third-order valence-electron chi connectivity index (χ3n) is 4.17. The van der Waals surface area contributed by atoms with Crippen LogP contribution in [0, 0.1) is 0 Å². The second kappa shape index (κ2) is 7.63. The molecule has 2 atom stereocenters. The average Bonchev–Trinajstić information content (AvgIpc) is 2.47. The number of benzene rings is 1. The van der Waals surface area contributed by atoms with Crippen LogP contribution in [0.5, 0.6) is 0 Å². The molecule has 1 heterocycles. The number of aliphatic hydroxyl groups is 1. The number of nitrogens with two attached hydrogens (primary N) is 1. The molecule has 0 aliphatic carbocycles. The van der Waals surface area contributed by atoms with Crippen LogP contribution < -0.4 is 5.73 Å². The largest absolute Gasteiger partial charge is 0.396 e. The van der Waals surface area contributed by atoms with Gasteiger partial charge in [-0.2, -0.15) is 0 Å². The molecule has 1 aliphatic rings. The average molecular weight is 262 g/mol. The van der Waals surface area contributed by atoms with Gasteiger partial charge in [-0.1, -0.05) is 36.8 Å². The van der Waals surface area contributed by atoms with Gasteiger partial charge in [0.1, 0.15) is 0 Å². The van der Waals surface area contributed by atoms with E-state index in [1.54, 1.807) is 0 Å². The Bertz CT molecular complexity index is 353. The SMILES string of the molecule is NC(CCN1CCCCC1CCO)c1ccccc1. The zero-order valence-corrected chi connectivity index (χ0v) is 11.7. The van der Waals surface area contributed by atoms with Crippen LogP contribution in [0.25, 0.3) is 0 Å². The van der Waals surface area contributed by atoms with E-state index in [1.165, 1.54) is 24.8 Å². The van der Waals surface area contributed by atoms with Crippen molar-refractivity contribution in [3.8, 4) is 0 Å². The van der Waals surface area contributed by atoms with Crippen molar-refractivity contribution >= 4 is 0 Å². The summed E-state index contributed by atoms with van der Waals surface area (Å²) in [6.45, 7) is 2.50. The van der Waals surface area contributed by atoms with Gasteiger partial charge in [0.05, 0.1) is 0 Å². The van der Waals surface area contributed by atoms with E-state index >= 15 is 0 Å². The highest BCUT2D eigenvalue weighted by atomic mass is 16.3. The molecule has 1 aromatic rings. The molecule has 0 bridgehead atoms. The van der Waals surface area contributed by atoms with Crippen molar-refractivity contribution in [2.45, 2.75) is 44.2 Å². The third-order valence-corrected chi connectivity index (χ3v) is 4.17. The van der Waals surface area contributed by atoms with Crippen LogP contribution in [0.3, 0.4) is 0 Å². The van der Waals surface area contributed by atoms with Crippen LogP contribution in [0.15, 0.2) is 30.3 Å². The van der Waals surface area contributed by atoms with E-state index in [4.69, 9.17) is 10.8 Å². The van der Waals surface area contributed by atoms with Crippen molar-refractivity contribution in [2.24, 2.45) is 5.73 Å². The van der Waals surface area contributed by atoms with Gasteiger partial charge in [0.25, 0.3) is 0 Å². The number of nitrogens with zero attached hydrogens (tertiary/aromatic N) is 1. The molecule has 0 aromatic heterocycles. The highest BCUT2D eigenvalue weighted by Gasteiger charge is 2.22. The lowest BCUT2D eigenvalue weighted by atomic mass is 9.98. The van der Waals surface area contributed by atoms with Crippen LogP contribution >= 0.6 is 0 Å². The van der Waals surface area contributed by atoms with Gasteiger partial charge < -0.3 is 15.7 Å². The quantitative estimate of drug-likeness (QED) is 0.827. The molecule has 106 valence electrons. The van der Waals surface area contributed by atoms with E-state index in [2.05, 4.69) is 17.0 Å². The van der Waals surface area contributed by atoms with E-state index in [0.717, 1.165) is 25.9 Å². The zero-order chi connectivity index (χ0) is 13.5. The fraction of sp³-hybridized carbons (Fsp3) is 0.625. The van der Waals surface area contributed by atoms with Crippen LogP contribution in [0.2, 0.25) is 0 Å². The molecular weight excluding hydrogens is 236 g/mol. The van der Waals surface area contributed by atoms with Gasteiger partial charge in [-0.15, -0.1) is 0 Å². The molecule has 2 unspecified atom stereocenters. The predicted octanol–water partition coefficient (Wildman–Crippen LogP) is 2.31. The lowest BCUT2D eigenvalue weighted by molar-refractivity contribution is 0.116. The lowest BCUT2D eigenvalue weighted by Gasteiger charge is -2.36. The molecule has 0 amide bonds. The maximum atomic E-state index is 9.14. The number of piperidine rings is 1. The van der Waals surface area contributed by atoms with Crippen molar-refractivity contribution in [3.05, 3.63) is 35.9 Å². The molecule has 1 aliphatic heterocycles. The summed E-state index contributed by atoms with van der Waals surface area (Å²) in [4.78, 5) is 2.52. The Morgan fingerprint density at radius 1 is 1.26 bits per heavy atom. The molecule has 3 heteroatoms. The standard InChI is InChI=1S/C16H26N2O/c17-16(14-6-2-1-3-7-14)9-12-18-11-5-4-8-15(18)10-13-19/h1-3,6-7,15-16,19H,4-5,8-13,17H2. The van der Waals surface area contributed by atoms with Crippen molar-refractivity contribution in [2.75, 3.05) is 19.7 Å². The van der Waals surface area contributed by atoms with E-state index in [1.807, 2.05) is 18.2 Å². The molecule has 2 rings (SSSR count). The van der Waals surface area contributed by atoms with E-state index in [9.17, 15) is 0 Å². The van der Waals surface area contributed by atoms with Crippen LogP contribution in [0.4, 0.5) is 0 Å². The minimum atomic E-state index is 0.123. The van der Waals surface area contributed by atoms with Gasteiger partial charge in [-0.05, 0) is 37.8 Å². The van der Waals surface area contributed by atoms with Crippen molar-refractivity contribution in [3.63, 3.8) is 0 Å². The van der Waals surface area contributed by atoms with E-state index < -0.39 is 0 Å². The summed E-state index contributed by atoms with van der Waals surface area (Å²) in [5, 5.41) is 9.14. The minimum absolute atomic E-state index is 0.123. The zero-order valence-electron chi connectivity index (χ0n) is 11.7. The van der Waals surface area contributed by atoms with Gasteiger partial charge in [-0.25, -0.2) is 0 Å². The Labute approximate surface area is 116 Å². The lowest BCUT2D eigenvalue weighted by Crippen LogP contribution is -2.41. The molecule has 1 saturated heterocycles. The third kappa shape index (κ3) is 4.30. The highest BCUT2D eigenvalue weighted by Crippen LogP contribution is 2.21. The van der Waals surface area contributed by atoms with Crippen molar-refractivity contribution in [1.82, 2.24) is 4.90 Å². The highest BCUT2D eigenvalue weighted by molar-refractivity contribution is 5.18. The van der Waals surface area contributed by atoms with E-state index in [-0.39, 0.29) is 6.04 Å². The monoisotopic (exact) mass is 262 g/mol. The summed E-state index contributed by atoms with van der Waals surface area (Å²) in [7, 11) is 0. The minimum Gasteiger partial charge on any atom is -0.396 e. The fourth-order valence-corrected chi connectivity index (χ4v) is 3.00. The summed E-state index contributed by atoms with van der Waals surface area (Å²) in [6, 6.07) is 11.0. The maximum absolute atomic E-state index is 9.14. The van der Waals surface area contributed by atoms with Gasteiger partial charge in [0.2, 0.25) is 0 Å². The fourth-order valence-electron chi connectivity index (χ4n) is 3.00. The van der Waals surface area contributed by atoms with Gasteiger partial charge in [0.15, 0.2) is 0 Å². The number of aliphatic hydroxyl groups excluding tert-OH is 1. The number of hydrogen-bond acceptors (Lipinski definition) is 3. The molecule has 1 aromatic carbocycles. The first-order valence-corrected chi connectivity index (χ1v) is 7.46. The first kappa shape index (κ1) is 14.5. The topological polar surface area (TPSA) is 49.5 Å². The van der Waals surface area contributed by atoms with Gasteiger partial charge in [-0.3, -0.25) is 0 Å². The van der Waals surface area contributed by atoms with Gasteiger partial charge >= 0.3 is 0 Å². The Morgan fingerprint density at radius 2 is 2.05 bits per heavy atom. The summed E-state index contributed by atoms with van der Waals surface area (Å²) >= 11 is 0. The molecule has 0 spiro atoms. The second-order valence-corrected chi connectivity index (χ2v) is 5.50. The van der Waals surface area contributed by atoms with Crippen molar-refractivity contribution < 1.29 is 5.11 Å². The first-order chi connectivity index (χ1) is 9.31. The summed E-state index contributed by atoms with van der Waals surface area (Å²) in [5.74, 6) is 0. The molecule has 3 nitrogen and oxygen atoms in total. The Morgan fingerprint density at radius 3 is 2.79 bits per heavy atom. The normalized spacial score (nSPS) is 22.3.